The van der Waals surface area contributed by atoms with Crippen LogP contribution in [0.4, 0.5) is 4.79 Å². The molecule has 8 heteroatoms. The zero-order chi connectivity index (χ0) is 18.8. The monoisotopic (exact) mass is 359 g/mol. The lowest BCUT2D eigenvalue weighted by molar-refractivity contribution is -0.132. The first-order valence-electron chi connectivity index (χ1n) is 8.57. The second-order valence-electron chi connectivity index (χ2n) is 6.34. The number of nitrogens with zero attached hydrogens (tertiary/aromatic N) is 2. The van der Waals surface area contributed by atoms with E-state index in [1.807, 2.05) is 0 Å². The highest BCUT2D eigenvalue weighted by Crippen LogP contribution is 2.26. The van der Waals surface area contributed by atoms with E-state index in [0.29, 0.717) is 30.5 Å². The summed E-state index contributed by atoms with van der Waals surface area (Å²) in [7, 11) is 1.64. The maximum Gasteiger partial charge on any atom is 0.407 e. The summed E-state index contributed by atoms with van der Waals surface area (Å²) in [4.78, 5) is 47.8. The molecule has 3 rings (SSSR count). The number of ether oxygens (including phenoxy) is 1. The van der Waals surface area contributed by atoms with Crippen LogP contribution < -0.4 is 11.0 Å². The molecule has 0 aliphatic heterocycles. The maximum atomic E-state index is 12.7. The fraction of sp³-hybridized carbons (Fsp3) is 0.444. The Morgan fingerprint density at radius 3 is 2.73 bits per heavy atom. The lowest BCUT2D eigenvalue weighted by atomic mass is 9.93. The van der Waals surface area contributed by atoms with Crippen LogP contribution in [0.2, 0.25) is 0 Å². The molecular weight excluding hydrogens is 338 g/mol. The van der Waals surface area contributed by atoms with Gasteiger partial charge in [0.05, 0.1) is 30.1 Å². The molecule has 1 aromatic heterocycles. The highest BCUT2D eigenvalue weighted by molar-refractivity contribution is 6.03. The van der Waals surface area contributed by atoms with Crippen LogP contribution in [0.1, 0.15) is 37.8 Å². The second kappa shape index (κ2) is 7.15. The predicted molar refractivity (Wildman–Crippen MR) is 93.9 cm³/mol. The number of imidazole rings is 1. The Hall–Kier alpha value is -2.90. The summed E-state index contributed by atoms with van der Waals surface area (Å²) in [6.45, 7) is 2.29. The smallest absolute Gasteiger partial charge is 0.407 e. The molecule has 1 aromatic carbocycles. The molecular formula is C18H21N3O5. The number of carbonyl (C=O) groups excluding carboxylic acids is 3. The van der Waals surface area contributed by atoms with Gasteiger partial charge >= 0.3 is 11.8 Å². The number of amides is 1. The van der Waals surface area contributed by atoms with E-state index >= 15 is 0 Å². The lowest BCUT2D eigenvalue weighted by Crippen LogP contribution is -2.34. The van der Waals surface area contributed by atoms with E-state index in [1.165, 1.54) is 9.13 Å². The van der Waals surface area contributed by atoms with Gasteiger partial charge in [-0.05, 0) is 31.0 Å². The molecule has 1 amide bonds. The van der Waals surface area contributed by atoms with Crippen LogP contribution in [0.25, 0.3) is 11.0 Å². The first-order valence-corrected chi connectivity index (χ1v) is 8.57. The topological polar surface area (TPSA) is 99.4 Å². The van der Waals surface area contributed by atoms with Gasteiger partial charge in [-0.15, -0.1) is 0 Å². The summed E-state index contributed by atoms with van der Waals surface area (Å²) in [6, 6.07) is 4.76. The van der Waals surface area contributed by atoms with Crippen molar-refractivity contribution in [3.8, 4) is 0 Å². The molecule has 1 aliphatic rings. The second-order valence-corrected chi connectivity index (χ2v) is 6.34. The average Bonchev–Trinajstić information content (AvgIpc) is 2.85. The van der Waals surface area contributed by atoms with Gasteiger partial charge in [0.2, 0.25) is 0 Å². The third-order valence-electron chi connectivity index (χ3n) is 4.62. The van der Waals surface area contributed by atoms with E-state index in [9.17, 15) is 19.2 Å². The third kappa shape index (κ3) is 3.26. The summed E-state index contributed by atoms with van der Waals surface area (Å²) < 4.78 is 7.78. The Labute approximate surface area is 149 Å². The minimum absolute atomic E-state index is 0.0770. The Balaban J connectivity index is 1.93. The first kappa shape index (κ1) is 17.9. The summed E-state index contributed by atoms with van der Waals surface area (Å²) in [6.07, 6.45) is 0.0371. The van der Waals surface area contributed by atoms with Crippen LogP contribution >= 0.6 is 0 Å². The van der Waals surface area contributed by atoms with Crippen molar-refractivity contribution in [3.63, 3.8) is 0 Å². The van der Waals surface area contributed by atoms with E-state index in [0.717, 1.165) is 5.56 Å². The van der Waals surface area contributed by atoms with Gasteiger partial charge < -0.3 is 10.1 Å². The van der Waals surface area contributed by atoms with Gasteiger partial charge in [-0.3, -0.25) is 18.7 Å². The number of benzene rings is 1. The molecule has 2 aromatic rings. The van der Waals surface area contributed by atoms with Crippen molar-refractivity contribution in [1.82, 2.24) is 14.5 Å². The van der Waals surface area contributed by atoms with E-state index in [2.05, 4.69) is 5.32 Å². The number of nitrogens with one attached hydrogen (secondary N) is 1. The Morgan fingerprint density at radius 2 is 2.04 bits per heavy atom. The van der Waals surface area contributed by atoms with Gasteiger partial charge in [-0.1, -0.05) is 6.07 Å². The van der Waals surface area contributed by atoms with Crippen LogP contribution in [0.3, 0.4) is 0 Å². The van der Waals surface area contributed by atoms with Gasteiger partial charge in [-0.25, -0.2) is 9.59 Å². The molecule has 1 saturated carbocycles. The number of hydrogen-bond acceptors (Lipinski definition) is 5. The van der Waals surface area contributed by atoms with Crippen LogP contribution in [-0.2, 0) is 27.9 Å². The van der Waals surface area contributed by atoms with Crippen LogP contribution in [-0.4, -0.2) is 33.4 Å². The number of fused-ring (bicyclic) bond motifs is 1. The molecule has 1 aliphatic carbocycles. The standard InChI is InChI=1S/C18H21N3O5/c1-3-26-17(24)19-10-11-4-6-13-15(8-11)20(2)18(25)21(13)14-7-5-12(22)9-16(14)23/h4,6,8,14H,3,5,7,9-10H2,1-2H3,(H,19,24). The lowest BCUT2D eigenvalue weighted by Gasteiger charge is -2.21. The van der Waals surface area contributed by atoms with Crippen molar-refractivity contribution < 1.29 is 19.1 Å². The largest absolute Gasteiger partial charge is 0.450 e. The van der Waals surface area contributed by atoms with E-state index < -0.39 is 12.1 Å². The fourth-order valence-corrected chi connectivity index (χ4v) is 3.31. The van der Waals surface area contributed by atoms with Crippen molar-refractivity contribution in [2.45, 2.75) is 38.8 Å². The zero-order valence-electron chi connectivity index (χ0n) is 14.8. The Kier molecular flexibility index (Phi) is 4.92. The van der Waals surface area contributed by atoms with Gasteiger partial charge in [0.1, 0.15) is 5.78 Å². The number of aromatic nitrogens is 2. The molecule has 1 fully saturated rings. The van der Waals surface area contributed by atoms with Crippen molar-refractivity contribution in [2.75, 3.05) is 6.61 Å². The molecule has 8 nitrogen and oxygen atoms in total. The summed E-state index contributed by atoms with van der Waals surface area (Å²) >= 11 is 0. The van der Waals surface area contributed by atoms with Gasteiger partial charge in [0.15, 0.2) is 5.78 Å². The first-order chi connectivity index (χ1) is 12.4. The maximum absolute atomic E-state index is 12.7. The average molecular weight is 359 g/mol. The Morgan fingerprint density at radius 1 is 1.27 bits per heavy atom. The zero-order valence-corrected chi connectivity index (χ0v) is 14.8. The predicted octanol–water partition coefficient (Wildman–Crippen LogP) is 1.45. The molecule has 1 unspecified atom stereocenters. The number of Topliss-reactive ketones (excluding diaryl/α,β-unsaturated/α-hetero) is 2. The van der Waals surface area contributed by atoms with Crippen molar-refractivity contribution >= 4 is 28.7 Å². The molecule has 0 spiro atoms. The molecule has 1 N–H and O–H groups in total. The molecule has 0 bridgehead atoms. The van der Waals surface area contributed by atoms with E-state index in [4.69, 9.17) is 4.74 Å². The number of ketones is 2. The minimum Gasteiger partial charge on any atom is -0.450 e. The number of rotatable bonds is 4. The van der Waals surface area contributed by atoms with Gasteiger partial charge in [-0.2, -0.15) is 0 Å². The summed E-state index contributed by atoms with van der Waals surface area (Å²) in [5.41, 5.74) is 1.83. The summed E-state index contributed by atoms with van der Waals surface area (Å²) in [5.74, 6) is -0.296. The van der Waals surface area contributed by atoms with Crippen molar-refractivity contribution in [2.24, 2.45) is 7.05 Å². The fourth-order valence-electron chi connectivity index (χ4n) is 3.31. The van der Waals surface area contributed by atoms with Crippen LogP contribution in [0.15, 0.2) is 23.0 Å². The minimum atomic E-state index is -0.604. The summed E-state index contributed by atoms with van der Waals surface area (Å²) in [5, 5.41) is 2.63. The van der Waals surface area contributed by atoms with Gasteiger partial charge in [0.25, 0.3) is 0 Å². The molecule has 0 radical (unpaired) electrons. The normalized spacial score (nSPS) is 17.5. The van der Waals surface area contributed by atoms with Crippen LogP contribution in [0, 0.1) is 0 Å². The van der Waals surface area contributed by atoms with Crippen molar-refractivity contribution in [1.29, 1.82) is 0 Å². The molecule has 138 valence electrons. The van der Waals surface area contributed by atoms with Crippen molar-refractivity contribution in [3.05, 3.63) is 34.2 Å². The number of aryl methyl sites for hydroxylation is 1. The molecule has 26 heavy (non-hydrogen) atoms. The molecule has 1 atom stereocenters. The Bertz CT molecular complexity index is 940. The third-order valence-corrected chi connectivity index (χ3v) is 4.62. The number of hydrogen-bond donors (Lipinski definition) is 1. The number of alkyl carbamates (subject to hydrolysis) is 1. The van der Waals surface area contributed by atoms with E-state index in [-0.39, 0.29) is 30.2 Å². The van der Waals surface area contributed by atoms with E-state index in [1.54, 1.807) is 32.2 Å². The van der Waals surface area contributed by atoms with Crippen LogP contribution in [0.5, 0.6) is 0 Å². The molecule has 1 heterocycles. The molecule has 0 saturated heterocycles. The number of carbonyl (C=O) groups is 3. The highest BCUT2D eigenvalue weighted by atomic mass is 16.5. The SMILES string of the molecule is CCOC(=O)NCc1ccc2c(c1)n(C)c(=O)n2C1CCC(=O)CC1=O. The highest BCUT2D eigenvalue weighted by Gasteiger charge is 2.31. The van der Waals surface area contributed by atoms with Gasteiger partial charge in [0, 0.05) is 20.0 Å². The quantitative estimate of drug-likeness (QED) is 0.833.